The molecule has 2 rings (SSSR count). The number of halogens is 1. The van der Waals surface area contributed by atoms with Crippen LogP contribution in [-0.4, -0.2) is 36.0 Å². The van der Waals surface area contributed by atoms with Crippen LogP contribution in [0.4, 0.5) is 4.79 Å². The van der Waals surface area contributed by atoms with E-state index in [9.17, 15) is 14.4 Å². The minimum absolute atomic E-state index is 0.00119. The van der Waals surface area contributed by atoms with Gasteiger partial charge in [-0.3, -0.25) is 14.5 Å². The zero-order chi connectivity index (χ0) is 17.7. The topological polar surface area (TPSA) is 75.7 Å². The van der Waals surface area contributed by atoms with Crippen molar-refractivity contribution in [1.29, 1.82) is 0 Å². The lowest BCUT2D eigenvalue weighted by Crippen LogP contribution is -2.41. The predicted molar refractivity (Wildman–Crippen MR) is 89.5 cm³/mol. The Labute approximate surface area is 146 Å². The lowest BCUT2D eigenvalue weighted by Gasteiger charge is -2.22. The number of esters is 1. The molecule has 6 nitrogen and oxygen atoms in total. The Morgan fingerprint density at radius 3 is 2.58 bits per heavy atom. The quantitative estimate of drug-likeness (QED) is 0.465. The summed E-state index contributed by atoms with van der Waals surface area (Å²) < 4.78 is 5.04. The molecule has 1 fully saturated rings. The van der Waals surface area contributed by atoms with Gasteiger partial charge in [0.1, 0.15) is 5.54 Å². The van der Waals surface area contributed by atoms with E-state index in [1.807, 2.05) is 6.92 Å². The van der Waals surface area contributed by atoms with Crippen LogP contribution in [0.2, 0.25) is 5.02 Å². The summed E-state index contributed by atoms with van der Waals surface area (Å²) >= 11 is 5.86. The van der Waals surface area contributed by atoms with Crippen molar-refractivity contribution in [2.75, 3.05) is 13.2 Å². The number of unbranched alkanes of at least 4 members (excludes halogenated alkanes) is 1. The average Bonchev–Trinajstić information content (AvgIpc) is 2.77. The lowest BCUT2D eigenvalue weighted by molar-refractivity contribution is -0.144. The molecule has 130 valence electrons. The molecule has 1 aromatic rings. The summed E-state index contributed by atoms with van der Waals surface area (Å²) in [6.07, 6.45) is 1.71. The summed E-state index contributed by atoms with van der Waals surface area (Å²) in [5, 5.41) is 3.23. The van der Waals surface area contributed by atoms with Crippen LogP contribution in [0.5, 0.6) is 0 Å². The van der Waals surface area contributed by atoms with Gasteiger partial charge in [-0.2, -0.15) is 0 Å². The molecule has 0 aromatic heterocycles. The normalized spacial score (nSPS) is 20.2. The Balaban J connectivity index is 2.01. The number of amides is 3. The van der Waals surface area contributed by atoms with E-state index < -0.39 is 23.4 Å². The number of carbonyl (C=O) groups is 3. The summed E-state index contributed by atoms with van der Waals surface area (Å²) in [5.41, 5.74) is -0.522. The van der Waals surface area contributed by atoms with Gasteiger partial charge in [0, 0.05) is 11.6 Å². The highest BCUT2D eigenvalue weighted by Gasteiger charge is 2.48. The van der Waals surface area contributed by atoms with Gasteiger partial charge >= 0.3 is 12.0 Å². The standard InChI is InChI=1S/C17H21ClN2O4/c1-3-4-11-24-14(21)9-10-20-15(22)17(2,19-16(20)23)12-5-7-13(18)8-6-12/h5-8H,3-4,9-11H2,1-2H3,(H,19,23)/t17-/m1/s1. The van der Waals surface area contributed by atoms with Gasteiger partial charge in [0.05, 0.1) is 13.0 Å². The van der Waals surface area contributed by atoms with Gasteiger partial charge in [0.15, 0.2) is 0 Å². The van der Waals surface area contributed by atoms with Crippen LogP contribution in [0.3, 0.4) is 0 Å². The molecule has 1 aliphatic rings. The van der Waals surface area contributed by atoms with E-state index in [2.05, 4.69) is 5.32 Å². The molecule has 0 saturated carbocycles. The fourth-order valence-electron chi connectivity index (χ4n) is 2.48. The number of benzene rings is 1. The van der Waals surface area contributed by atoms with Crippen molar-refractivity contribution in [2.45, 2.75) is 38.6 Å². The predicted octanol–water partition coefficient (Wildman–Crippen LogP) is 2.84. The van der Waals surface area contributed by atoms with Gasteiger partial charge in [0.2, 0.25) is 0 Å². The molecule has 0 radical (unpaired) electrons. The Bertz CT molecular complexity index is 632. The largest absolute Gasteiger partial charge is 0.466 e. The highest BCUT2D eigenvalue weighted by molar-refractivity contribution is 6.30. The van der Waals surface area contributed by atoms with E-state index >= 15 is 0 Å². The molecule has 1 aliphatic heterocycles. The first kappa shape index (κ1) is 18.3. The maximum absolute atomic E-state index is 12.7. The van der Waals surface area contributed by atoms with Crippen LogP contribution >= 0.6 is 11.6 Å². The maximum Gasteiger partial charge on any atom is 0.325 e. The Hall–Kier alpha value is -2.08. The molecular formula is C17H21ClN2O4. The van der Waals surface area contributed by atoms with E-state index in [0.29, 0.717) is 17.2 Å². The Morgan fingerprint density at radius 1 is 1.29 bits per heavy atom. The summed E-state index contributed by atoms with van der Waals surface area (Å²) in [7, 11) is 0. The number of hydrogen-bond acceptors (Lipinski definition) is 4. The molecule has 1 saturated heterocycles. The van der Waals surface area contributed by atoms with E-state index in [-0.39, 0.29) is 13.0 Å². The van der Waals surface area contributed by atoms with Crippen molar-refractivity contribution in [1.82, 2.24) is 10.2 Å². The highest BCUT2D eigenvalue weighted by Crippen LogP contribution is 2.29. The fourth-order valence-corrected chi connectivity index (χ4v) is 2.61. The van der Waals surface area contributed by atoms with Crippen molar-refractivity contribution in [3.8, 4) is 0 Å². The summed E-state index contributed by atoms with van der Waals surface area (Å²) in [5.74, 6) is -0.805. The van der Waals surface area contributed by atoms with Crippen molar-refractivity contribution >= 4 is 29.5 Å². The van der Waals surface area contributed by atoms with Gasteiger partial charge in [-0.05, 0) is 31.0 Å². The third kappa shape index (κ3) is 3.87. The van der Waals surface area contributed by atoms with Crippen LogP contribution in [0.25, 0.3) is 0 Å². The van der Waals surface area contributed by atoms with Crippen LogP contribution in [0.15, 0.2) is 24.3 Å². The van der Waals surface area contributed by atoms with Gasteiger partial charge in [0.25, 0.3) is 5.91 Å². The van der Waals surface area contributed by atoms with E-state index in [0.717, 1.165) is 17.7 Å². The maximum atomic E-state index is 12.7. The Morgan fingerprint density at radius 2 is 1.96 bits per heavy atom. The first-order chi connectivity index (χ1) is 11.4. The second kappa shape index (κ2) is 7.66. The van der Waals surface area contributed by atoms with Crippen molar-refractivity contribution < 1.29 is 19.1 Å². The summed E-state index contributed by atoms with van der Waals surface area (Å²) in [6.45, 7) is 3.99. The molecule has 0 aliphatic carbocycles. The number of imide groups is 1. The first-order valence-corrected chi connectivity index (χ1v) is 8.32. The van der Waals surface area contributed by atoms with Crippen LogP contribution in [-0.2, 0) is 19.9 Å². The first-order valence-electron chi connectivity index (χ1n) is 7.94. The fraction of sp³-hybridized carbons (Fsp3) is 0.471. The molecule has 1 aromatic carbocycles. The molecule has 7 heteroatoms. The monoisotopic (exact) mass is 352 g/mol. The van der Waals surface area contributed by atoms with Crippen molar-refractivity contribution in [3.63, 3.8) is 0 Å². The molecule has 0 bridgehead atoms. The number of nitrogens with one attached hydrogen (secondary N) is 1. The molecule has 3 amide bonds. The zero-order valence-corrected chi connectivity index (χ0v) is 14.6. The average molecular weight is 353 g/mol. The van der Waals surface area contributed by atoms with Gasteiger partial charge in [-0.25, -0.2) is 4.79 Å². The highest BCUT2D eigenvalue weighted by atomic mass is 35.5. The SMILES string of the molecule is CCCCOC(=O)CCN1C(=O)N[C@](C)(c2ccc(Cl)cc2)C1=O. The molecule has 1 atom stereocenters. The molecular weight excluding hydrogens is 332 g/mol. The second-order valence-electron chi connectivity index (χ2n) is 5.84. The van der Waals surface area contributed by atoms with Crippen LogP contribution < -0.4 is 5.32 Å². The number of rotatable bonds is 7. The molecule has 1 heterocycles. The van der Waals surface area contributed by atoms with Crippen molar-refractivity contribution in [3.05, 3.63) is 34.9 Å². The van der Waals surface area contributed by atoms with E-state index in [4.69, 9.17) is 16.3 Å². The molecule has 0 spiro atoms. The van der Waals surface area contributed by atoms with Gasteiger partial charge in [-0.1, -0.05) is 37.1 Å². The van der Waals surface area contributed by atoms with E-state index in [1.165, 1.54) is 0 Å². The molecule has 24 heavy (non-hydrogen) atoms. The molecule has 0 unspecified atom stereocenters. The minimum Gasteiger partial charge on any atom is -0.466 e. The number of ether oxygens (including phenoxy) is 1. The van der Waals surface area contributed by atoms with Gasteiger partial charge in [-0.15, -0.1) is 0 Å². The third-order valence-electron chi connectivity index (χ3n) is 4.00. The number of carbonyl (C=O) groups excluding carboxylic acids is 3. The molecule has 1 N–H and O–H groups in total. The third-order valence-corrected chi connectivity index (χ3v) is 4.25. The van der Waals surface area contributed by atoms with E-state index in [1.54, 1.807) is 31.2 Å². The lowest BCUT2D eigenvalue weighted by atomic mass is 9.92. The zero-order valence-electron chi connectivity index (χ0n) is 13.8. The van der Waals surface area contributed by atoms with Crippen LogP contribution in [0.1, 0.15) is 38.7 Å². The van der Waals surface area contributed by atoms with Gasteiger partial charge < -0.3 is 10.1 Å². The summed E-state index contributed by atoms with van der Waals surface area (Å²) in [4.78, 5) is 37.5. The number of nitrogens with zero attached hydrogens (tertiary/aromatic N) is 1. The Kier molecular flexibility index (Phi) is 5.83. The smallest absolute Gasteiger partial charge is 0.325 e. The number of urea groups is 1. The summed E-state index contributed by atoms with van der Waals surface area (Å²) in [6, 6.07) is 6.20. The number of hydrogen-bond donors (Lipinski definition) is 1. The second-order valence-corrected chi connectivity index (χ2v) is 6.28. The minimum atomic E-state index is -1.16. The van der Waals surface area contributed by atoms with Crippen molar-refractivity contribution in [2.24, 2.45) is 0 Å². The van der Waals surface area contributed by atoms with Crippen LogP contribution in [0, 0.1) is 0 Å².